The van der Waals surface area contributed by atoms with E-state index in [2.05, 4.69) is 5.32 Å². The van der Waals surface area contributed by atoms with E-state index in [4.69, 9.17) is 26.2 Å². The van der Waals surface area contributed by atoms with Gasteiger partial charge in [0.1, 0.15) is 13.2 Å². The predicted molar refractivity (Wildman–Crippen MR) is 80.6 cm³/mol. The normalized spacial score (nSPS) is 15.8. The van der Waals surface area contributed by atoms with Crippen molar-refractivity contribution in [2.75, 3.05) is 13.2 Å². The summed E-state index contributed by atoms with van der Waals surface area (Å²) >= 11 is 6.11. The van der Waals surface area contributed by atoms with Crippen LogP contribution in [-0.4, -0.2) is 36.2 Å². The molecule has 2 unspecified atom stereocenters. The number of ether oxygens (including phenoxy) is 2. The van der Waals surface area contributed by atoms with Gasteiger partial charge in [-0.3, -0.25) is 9.59 Å². The fourth-order valence-corrected chi connectivity index (χ4v) is 2.38. The highest BCUT2D eigenvalue weighted by atomic mass is 35.5. The molecule has 7 heteroatoms. The van der Waals surface area contributed by atoms with Crippen molar-refractivity contribution in [3.63, 3.8) is 0 Å². The number of benzene rings is 1. The minimum atomic E-state index is -0.949. The molecule has 0 bridgehead atoms. The van der Waals surface area contributed by atoms with Crippen LogP contribution in [0.3, 0.4) is 0 Å². The molecule has 120 valence electrons. The van der Waals surface area contributed by atoms with Crippen LogP contribution < -0.4 is 14.8 Å². The predicted octanol–water partition coefficient (Wildman–Crippen LogP) is 1.88. The van der Waals surface area contributed by atoms with E-state index in [-0.39, 0.29) is 12.3 Å². The number of aliphatic carboxylic acids is 1. The molecular weight excluding hydrogens is 310 g/mol. The summed E-state index contributed by atoms with van der Waals surface area (Å²) in [6.45, 7) is 4.09. The third-order valence-electron chi connectivity index (χ3n) is 3.55. The number of rotatable bonds is 5. The minimum absolute atomic E-state index is 0.0903. The zero-order chi connectivity index (χ0) is 16.3. The molecule has 0 aliphatic carbocycles. The Balaban J connectivity index is 2.03. The van der Waals surface area contributed by atoms with Gasteiger partial charge in [-0.1, -0.05) is 11.6 Å². The van der Waals surface area contributed by atoms with Gasteiger partial charge in [0.2, 0.25) is 5.91 Å². The van der Waals surface area contributed by atoms with Crippen LogP contribution in [0.4, 0.5) is 0 Å². The third kappa shape index (κ3) is 3.82. The highest BCUT2D eigenvalue weighted by Gasteiger charge is 2.22. The molecule has 2 atom stereocenters. The van der Waals surface area contributed by atoms with E-state index in [9.17, 15) is 9.59 Å². The zero-order valence-electron chi connectivity index (χ0n) is 12.4. The maximum absolute atomic E-state index is 12.0. The average molecular weight is 328 g/mol. The lowest BCUT2D eigenvalue weighted by molar-refractivity contribution is -0.142. The molecule has 1 heterocycles. The van der Waals surface area contributed by atoms with E-state index in [1.54, 1.807) is 26.0 Å². The van der Waals surface area contributed by atoms with Gasteiger partial charge in [-0.15, -0.1) is 0 Å². The molecule has 0 aromatic heterocycles. The summed E-state index contributed by atoms with van der Waals surface area (Å²) in [4.78, 5) is 22.9. The first-order valence-electron chi connectivity index (χ1n) is 6.98. The monoisotopic (exact) mass is 327 g/mol. The first kappa shape index (κ1) is 16.4. The number of carbonyl (C=O) groups excluding carboxylic acids is 1. The summed E-state index contributed by atoms with van der Waals surface area (Å²) in [6, 6.07) is 2.91. The van der Waals surface area contributed by atoms with Crippen molar-refractivity contribution in [2.45, 2.75) is 26.3 Å². The van der Waals surface area contributed by atoms with Gasteiger partial charge in [-0.2, -0.15) is 0 Å². The van der Waals surface area contributed by atoms with Gasteiger partial charge in [0, 0.05) is 6.04 Å². The first-order chi connectivity index (χ1) is 10.4. The Labute approximate surface area is 133 Å². The lowest BCUT2D eigenvalue weighted by Gasteiger charge is -2.21. The number of carbonyl (C=O) groups is 2. The maximum atomic E-state index is 12.0. The van der Waals surface area contributed by atoms with E-state index in [0.29, 0.717) is 35.3 Å². The molecule has 1 amide bonds. The standard InChI is InChI=1S/C15H18ClNO5/c1-8(15(19)20)9(2)17-13(18)7-10-5-11(16)14-12(6-10)21-3-4-22-14/h5-6,8-9H,3-4,7H2,1-2H3,(H,17,18)(H,19,20). The Morgan fingerprint density at radius 3 is 2.68 bits per heavy atom. The fourth-order valence-electron chi connectivity index (χ4n) is 2.10. The molecule has 2 rings (SSSR count). The van der Waals surface area contributed by atoms with Gasteiger partial charge >= 0.3 is 5.97 Å². The maximum Gasteiger partial charge on any atom is 0.308 e. The van der Waals surface area contributed by atoms with Crippen molar-refractivity contribution < 1.29 is 24.2 Å². The highest BCUT2D eigenvalue weighted by molar-refractivity contribution is 6.32. The molecule has 2 N–H and O–H groups in total. The second kappa shape index (κ2) is 6.87. The summed E-state index contributed by atoms with van der Waals surface area (Å²) in [5.74, 6) is -0.866. The quantitative estimate of drug-likeness (QED) is 0.862. The summed E-state index contributed by atoms with van der Waals surface area (Å²) in [5, 5.41) is 12.0. The number of hydrogen-bond donors (Lipinski definition) is 2. The molecule has 0 saturated carbocycles. The van der Waals surface area contributed by atoms with Gasteiger partial charge in [-0.05, 0) is 31.5 Å². The molecule has 6 nitrogen and oxygen atoms in total. The number of fused-ring (bicyclic) bond motifs is 1. The first-order valence-corrected chi connectivity index (χ1v) is 7.36. The van der Waals surface area contributed by atoms with Crippen LogP contribution in [-0.2, 0) is 16.0 Å². The van der Waals surface area contributed by atoms with Crippen LogP contribution in [0.15, 0.2) is 12.1 Å². The number of halogens is 1. The van der Waals surface area contributed by atoms with Gasteiger partial charge in [0.25, 0.3) is 0 Å². The van der Waals surface area contributed by atoms with E-state index in [1.807, 2.05) is 0 Å². The zero-order valence-corrected chi connectivity index (χ0v) is 13.1. The smallest absolute Gasteiger partial charge is 0.308 e. The Morgan fingerprint density at radius 2 is 2.00 bits per heavy atom. The Morgan fingerprint density at radius 1 is 1.32 bits per heavy atom. The van der Waals surface area contributed by atoms with Crippen molar-refractivity contribution in [3.05, 3.63) is 22.7 Å². The van der Waals surface area contributed by atoms with E-state index >= 15 is 0 Å². The number of nitrogens with one attached hydrogen (secondary N) is 1. The van der Waals surface area contributed by atoms with Gasteiger partial charge in [-0.25, -0.2) is 0 Å². The lowest BCUT2D eigenvalue weighted by atomic mass is 10.0. The largest absolute Gasteiger partial charge is 0.486 e. The van der Waals surface area contributed by atoms with Crippen LogP contribution in [0.25, 0.3) is 0 Å². The average Bonchev–Trinajstić information content (AvgIpc) is 2.46. The second-order valence-electron chi connectivity index (χ2n) is 5.26. The van der Waals surface area contributed by atoms with E-state index in [1.165, 1.54) is 0 Å². The molecule has 0 radical (unpaired) electrons. The number of amides is 1. The lowest BCUT2D eigenvalue weighted by Crippen LogP contribution is -2.40. The molecular formula is C15H18ClNO5. The fraction of sp³-hybridized carbons (Fsp3) is 0.467. The van der Waals surface area contributed by atoms with Crippen molar-refractivity contribution in [1.29, 1.82) is 0 Å². The molecule has 22 heavy (non-hydrogen) atoms. The second-order valence-corrected chi connectivity index (χ2v) is 5.67. The van der Waals surface area contributed by atoms with Gasteiger partial charge in [0.05, 0.1) is 17.4 Å². The summed E-state index contributed by atoms with van der Waals surface area (Å²) in [7, 11) is 0. The highest BCUT2D eigenvalue weighted by Crippen LogP contribution is 2.38. The molecule has 1 aliphatic rings. The minimum Gasteiger partial charge on any atom is -0.486 e. The molecule has 1 aromatic carbocycles. The topological polar surface area (TPSA) is 84.9 Å². The van der Waals surface area contributed by atoms with Crippen molar-refractivity contribution in [1.82, 2.24) is 5.32 Å². The van der Waals surface area contributed by atoms with E-state index in [0.717, 1.165) is 0 Å². The third-order valence-corrected chi connectivity index (χ3v) is 3.83. The number of carboxylic acids is 1. The Bertz CT molecular complexity index is 590. The van der Waals surface area contributed by atoms with Crippen LogP contribution in [0.5, 0.6) is 11.5 Å². The van der Waals surface area contributed by atoms with Crippen molar-refractivity contribution in [2.24, 2.45) is 5.92 Å². The van der Waals surface area contributed by atoms with Crippen LogP contribution in [0.2, 0.25) is 5.02 Å². The van der Waals surface area contributed by atoms with Crippen LogP contribution >= 0.6 is 11.6 Å². The number of hydrogen-bond acceptors (Lipinski definition) is 4. The summed E-state index contributed by atoms with van der Waals surface area (Å²) < 4.78 is 10.9. The van der Waals surface area contributed by atoms with Crippen molar-refractivity contribution >= 4 is 23.5 Å². The van der Waals surface area contributed by atoms with Gasteiger partial charge in [0.15, 0.2) is 11.5 Å². The Kier molecular flexibility index (Phi) is 5.13. The number of carboxylic acid groups (broad SMARTS) is 1. The molecule has 0 saturated heterocycles. The molecule has 0 fully saturated rings. The van der Waals surface area contributed by atoms with E-state index < -0.39 is 17.9 Å². The van der Waals surface area contributed by atoms with Crippen LogP contribution in [0, 0.1) is 5.92 Å². The SMILES string of the molecule is CC(NC(=O)Cc1cc(Cl)c2c(c1)OCCO2)C(C)C(=O)O. The molecule has 1 aromatic rings. The van der Waals surface area contributed by atoms with Crippen molar-refractivity contribution in [3.8, 4) is 11.5 Å². The van der Waals surface area contributed by atoms with Gasteiger partial charge < -0.3 is 19.9 Å². The summed E-state index contributed by atoms with van der Waals surface area (Å²) in [5.41, 5.74) is 0.682. The Hall–Kier alpha value is -1.95. The van der Waals surface area contributed by atoms with Crippen LogP contribution in [0.1, 0.15) is 19.4 Å². The molecule has 1 aliphatic heterocycles. The summed E-state index contributed by atoms with van der Waals surface area (Å²) in [6.07, 6.45) is 0.0903. The molecule has 0 spiro atoms.